The van der Waals surface area contributed by atoms with Gasteiger partial charge in [0.15, 0.2) is 0 Å². The topological polar surface area (TPSA) is 110 Å². The molecule has 7 nitrogen and oxygen atoms in total. The molecule has 2 amide bonds. The summed E-state index contributed by atoms with van der Waals surface area (Å²) in [4.78, 5) is 22.7. The zero-order chi connectivity index (χ0) is 15.6. The highest BCUT2D eigenvalue weighted by Crippen LogP contribution is 2.21. The Hall–Kier alpha value is -1.77. The molecule has 1 unspecified atom stereocenters. The van der Waals surface area contributed by atoms with E-state index in [1.807, 2.05) is 6.92 Å². The summed E-state index contributed by atoms with van der Waals surface area (Å²) in [5.41, 5.74) is 6.60. The molecule has 1 saturated heterocycles. The van der Waals surface area contributed by atoms with Gasteiger partial charge in [-0.15, -0.1) is 0 Å². The van der Waals surface area contributed by atoms with Crippen molar-refractivity contribution in [3.8, 4) is 0 Å². The number of imide groups is 1. The second kappa shape index (κ2) is 5.92. The Morgan fingerprint density at radius 3 is 2.48 bits per heavy atom. The first-order chi connectivity index (χ1) is 9.84. The summed E-state index contributed by atoms with van der Waals surface area (Å²) in [6, 6.07) is 6.01. The zero-order valence-electron chi connectivity index (χ0n) is 11.6. The van der Waals surface area contributed by atoms with Crippen LogP contribution in [-0.2, 0) is 19.6 Å². The Bertz CT molecular complexity index is 656. The summed E-state index contributed by atoms with van der Waals surface area (Å²) < 4.78 is 25.9. The third-order valence-corrected chi connectivity index (χ3v) is 5.07. The smallest absolute Gasteiger partial charge is 0.244 e. The molecular weight excluding hydrogens is 294 g/mol. The Labute approximate surface area is 123 Å². The number of carbonyl (C=O) groups excluding carboxylic acids is 2. The predicted octanol–water partition coefficient (Wildman–Crippen LogP) is -0.256. The number of nitrogens with one attached hydrogen (secondary N) is 1. The molecule has 1 atom stereocenters. The minimum Gasteiger partial charge on any atom is -0.324 e. The summed E-state index contributed by atoms with van der Waals surface area (Å²) in [6.07, 6.45) is 0.675. The van der Waals surface area contributed by atoms with Gasteiger partial charge in [0.25, 0.3) is 0 Å². The lowest BCUT2D eigenvalue weighted by molar-refractivity contribution is -0.134. The van der Waals surface area contributed by atoms with Crippen LogP contribution in [0.25, 0.3) is 0 Å². The Balaban J connectivity index is 2.35. The molecule has 2 rings (SSSR count). The van der Waals surface area contributed by atoms with E-state index in [1.165, 1.54) is 12.1 Å². The summed E-state index contributed by atoms with van der Waals surface area (Å²) in [7, 11) is -3.90. The molecule has 0 aliphatic carbocycles. The minimum absolute atomic E-state index is 0.0337. The van der Waals surface area contributed by atoms with E-state index in [1.54, 1.807) is 12.1 Å². The van der Waals surface area contributed by atoms with Gasteiger partial charge in [-0.2, -0.15) is 4.31 Å². The van der Waals surface area contributed by atoms with Crippen LogP contribution in [0.4, 0.5) is 0 Å². The second-order valence-electron chi connectivity index (χ2n) is 4.83. The number of benzene rings is 1. The highest BCUT2D eigenvalue weighted by Gasteiger charge is 2.33. The number of amides is 2. The third kappa shape index (κ3) is 3.29. The van der Waals surface area contributed by atoms with Gasteiger partial charge in [0.1, 0.15) is 0 Å². The van der Waals surface area contributed by atoms with Crippen molar-refractivity contribution in [2.24, 2.45) is 5.73 Å². The monoisotopic (exact) mass is 311 g/mol. The van der Waals surface area contributed by atoms with Crippen molar-refractivity contribution < 1.29 is 18.0 Å². The summed E-state index contributed by atoms with van der Waals surface area (Å²) in [5, 5.41) is 2.07. The molecule has 0 aromatic heterocycles. The summed E-state index contributed by atoms with van der Waals surface area (Å²) in [5.74, 6) is -1.26. The van der Waals surface area contributed by atoms with Crippen molar-refractivity contribution in [1.82, 2.24) is 9.62 Å². The molecule has 1 aliphatic heterocycles. The average Bonchev–Trinajstić information content (AvgIpc) is 2.45. The third-order valence-electron chi connectivity index (χ3n) is 3.28. The van der Waals surface area contributed by atoms with E-state index in [4.69, 9.17) is 5.73 Å². The number of nitrogens with zero attached hydrogens (tertiary/aromatic N) is 1. The second-order valence-corrected chi connectivity index (χ2v) is 6.77. The van der Waals surface area contributed by atoms with E-state index in [0.717, 1.165) is 4.31 Å². The number of rotatable bonds is 4. The van der Waals surface area contributed by atoms with Crippen LogP contribution in [0.15, 0.2) is 29.2 Å². The van der Waals surface area contributed by atoms with Gasteiger partial charge in [0.05, 0.1) is 18.0 Å². The SMILES string of the molecule is CCC(N)c1cccc(S(=O)(=O)N2CC(=O)NC(=O)C2)c1. The number of nitrogens with two attached hydrogens (primary N) is 1. The van der Waals surface area contributed by atoms with Gasteiger partial charge in [-0.1, -0.05) is 19.1 Å². The lowest BCUT2D eigenvalue weighted by Crippen LogP contribution is -2.53. The lowest BCUT2D eigenvalue weighted by Gasteiger charge is -2.25. The van der Waals surface area contributed by atoms with E-state index in [9.17, 15) is 18.0 Å². The maximum atomic E-state index is 12.5. The summed E-state index contributed by atoms with van der Waals surface area (Å²) in [6.45, 7) is 1.18. The van der Waals surface area contributed by atoms with Crippen molar-refractivity contribution in [3.63, 3.8) is 0 Å². The standard InChI is InChI=1S/C13H17N3O4S/c1-2-11(14)9-4-3-5-10(6-9)21(19,20)16-7-12(17)15-13(18)8-16/h3-6,11H,2,7-8,14H2,1H3,(H,15,17,18). The van der Waals surface area contributed by atoms with Crippen LogP contribution in [0.2, 0.25) is 0 Å². The van der Waals surface area contributed by atoms with Crippen LogP contribution in [0.1, 0.15) is 24.9 Å². The average molecular weight is 311 g/mol. The van der Waals surface area contributed by atoms with E-state index in [0.29, 0.717) is 12.0 Å². The van der Waals surface area contributed by atoms with Crippen molar-refractivity contribution in [1.29, 1.82) is 0 Å². The molecular formula is C13H17N3O4S. The van der Waals surface area contributed by atoms with Gasteiger partial charge in [-0.25, -0.2) is 8.42 Å². The van der Waals surface area contributed by atoms with Gasteiger partial charge in [0, 0.05) is 6.04 Å². The highest BCUT2D eigenvalue weighted by atomic mass is 32.2. The van der Waals surface area contributed by atoms with Crippen molar-refractivity contribution >= 4 is 21.8 Å². The Morgan fingerprint density at radius 1 is 1.29 bits per heavy atom. The van der Waals surface area contributed by atoms with Crippen molar-refractivity contribution in [3.05, 3.63) is 29.8 Å². The molecule has 1 aromatic carbocycles. The summed E-state index contributed by atoms with van der Waals surface area (Å²) >= 11 is 0. The fourth-order valence-electron chi connectivity index (χ4n) is 2.07. The zero-order valence-corrected chi connectivity index (χ0v) is 12.4. The molecule has 1 aromatic rings. The molecule has 0 spiro atoms. The number of carbonyl (C=O) groups is 2. The first-order valence-corrected chi connectivity index (χ1v) is 7.97. The largest absolute Gasteiger partial charge is 0.324 e. The van der Waals surface area contributed by atoms with Gasteiger partial charge < -0.3 is 5.73 Å². The van der Waals surface area contributed by atoms with Crippen LogP contribution in [0.5, 0.6) is 0 Å². The lowest BCUT2D eigenvalue weighted by atomic mass is 10.1. The normalized spacial score (nSPS) is 18.4. The van der Waals surface area contributed by atoms with Crippen LogP contribution in [-0.4, -0.2) is 37.6 Å². The predicted molar refractivity (Wildman–Crippen MR) is 75.6 cm³/mol. The van der Waals surface area contributed by atoms with Gasteiger partial charge in [0.2, 0.25) is 21.8 Å². The molecule has 1 fully saturated rings. The molecule has 8 heteroatoms. The van der Waals surface area contributed by atoms with Crippen LogP contribution < -0.4 is 11.1 Å². The van der Waals surface area contributed by atoms with Gasteiger partial charge in [-0.3, -0.25) is 14.9 Å². The van der Waals surface area contributed by atoms with Gasteiger partial charge >= 0.3 is 0 Å². The molecule has 3 N–H and O–H groups in total. The van der Waals surface area contributed by atoms with Crippen LogP contribution >= 0.6 is 0 Å². The number of hydrogen-bond acceptors (Lipinski definition) is 5. The van der Waals surface area contributed by atoms with Gasteiger partial charge in [-0.05, 0) is 24.1 Å². The van der Waals surface area contributed by atoms with E-state index in [-0.39, 0.29) is 24.0 Å². The van der Waals surface area contributed by atoms with Crippen LogP contribution in [0.3, 0.4) is 0 Å². The van der Waals surface area contributed by atoms with E-state index < -0.39 is 21.8 Å². The molecule has 1 heterocycles. The maximum absolute atomic E-state index is 12.5. The van der Waals surface area contributed by atoms with Crippen LogP contribution in [0, 0.1) is 0 Å². The molecule has 0 saturated carbocycles. The maximum Gasteiger partial charge on any atom is 0.244 e. The number of hydrogen-bond donors (Lipinski definition) is 2. The highest BCUT2D eigenvalue weighted by molar-refractivity contribution is 7.89. The van der Waals surface area contributed by atoms with E-state index in [2.05, 4.69) is 5.32 Å². The Kier molecular flexibility index (Phi) is 4.40. The molecule has 114 valence electrons. The number of piperazine rings is 1. The Morgan fingerprint density at radius 2 is 1.90 bits per heavy atom. The van der Waals surface area contributed by atoms with Crippen molar-refractivity contribution in [2.45, 2.75) is 24.3 Å². The minimum atomic E-state index is -3.90. The molecule has 1 aliphatic rings. The quantitative estimate of drug-likeness (QED) is 0.745. The number of sulfonamides is 1. The molecule has 0 bridgehead atoms. The molecule has 0 radical (unpaired) electrons. The fourth-order valence-corrected chi connectivity index (χ4v) is 3.48. The van der Waals surface area contributed by atoms with E-state index >= 15 is 0 Å². The fraction of sp³-hybridized carbons (Fsp3) is 0.385. The van der Waals surface area contributed by atoms with Crippen molar-refractivity contribution in [2.75, 3.05) is 13.1 Å². The molecule has 21 heavy (non-hydrogen) atoms. The first-order valence-electron chi connectivity index (χ1n) is 6.53. The first kappa shape index (κ1) is 15.6.